The number of nitrogens with zero attached hydrogens (tertiary/aromatic N) is 8. The van der Waals surface area contributed by atoms with E-state index < -0.39 is 0 Å². The number of aromatic nitrogens is 8. The second-order valence-corrected chi connectivity index (χ2v) is 5.96. The molecular weight excluding hydrogens is 344 g/mol. The Kier molecular flexibility index (Phi) is 3.67. The molecule has 0 N–H and O–H groups in total. The summed E-state index contributed by atoms with van der Waals surface area (Å²) in [5.74, 6) is 1.09. The van der Waals surface area contributed by atoms with E-state index >= 15 is 0 Å². The van der Waals surface area contributed by atoms with Gasteiger partial charge in [0.25, 0.3) is 5.89 Å². The molecule has 5 aromatic rings. The first-order valence-electron chi connectivity index (χ1n) is 8.43. The number of hydrogen-bond donors (Lipinski definition) is 0. The molecule has 0 fully saturated rings. The minimum atomic E-state index is 0.468. The first-order chi connectivity index (χ1) is 13.4. The van der Waals surface area contributed by atoms with Crippen molar-refractivity contribution in [2.45, 2.75) is 13.0 Å². The molecule has 0 spiro atoms. The Morgan fingerprint density at radius 3 is 2.93 bits per heavy atom. The lowest BCUT2D eigenvalue weighted by atomic mass is 10.2. The Labute approximate surface area is 153 Å². The van der Waals surface area contributed by atoms with Crippen LogP contribution in [0.15, 0.2) is 65.7 Å². The maximum atomic E-state index is 5.43. The van der Waals surface area contributed by atoms with Crippen LogP contribution in [0.2, 0.25) is 0 Å². The van der Waals surface area contributed by atoms with Crippen molar-refractivity contribution in [1.29, 1.82) is 0 Å². The van der Waals surface area contributed by atoms with E-state index in [1.165, 1.54) is 6.33 Å². The molecule has 5 rings (SSSR count). The van der Waals surface area contributed by atoms with Gasteiger partial charge in [-0.1, -0.05) is 28.6 Å². The Morgan fingerprint density at radius 1 is 1.04 bits per heavy atom. The van der Waals surface area contributed by atoms with Gasteiger partial charge >= 0.3 is 0 Å². The van der Waals surface area contributed by atoms with E-state index in [-0.39, 0.29) is 0 Å². The summed E-state index contributed by atoms with van der Waals surface area (Å²) >= 11 is 0. The molecule has 3 heterocycles. The summed E-state index contributed by atoms with van der Waals surface area (Å²) in [7, 11) is 0. The highest BCUT2D eigenvalue weighted by Gasteiger charge is 2.11. The van der Waals surface area contributed by atoms with E-state index in [0.29, 0.717) is 24.7 Å². The molecule has 0 radical (unpaired) electrons. The number of rotatable bonds is 5. The summed E-state index contributed by atoms with van der Waals surface area (Å²) in [6.07, 6.45) is 3.73. The van der Waals surface area contributed by atoms with Gasteiger partial charge in [-0.15, -0.1) is 5.10 Å². The van der Waals surface area contributed by atoms with Gasteiger partial charge in [0.05, 0.1) is 17.7 Å². The fourth-order valence-corrected chi connectivity index (χ4v) is 2.88. The van der Waals surface area contributed by atoms with E-state index in [9.17, 15) is 0 Å². The van der Waals surface area contributed by atoms with Crippen LogP contribution < -0.4 is 0 Å². The summed E-state index contributed by atoms with van der Waals surface area (Å²) in [6.45, 7) is 0.623. The number of aryl methyl sites for hydroxylation is 2. The molecule has 9 heteroatoms. The number of hydrogen-bond acceptors (Lipinski definition) is 7. The zero-order chi connectivity index (χ0) is 18.1. The smallest absolute Gasteiger partial charge is 0.257 e. The summed E-state index contributed by atoms with van der Waals surface area (Å²) in [6, 6.07) is 15.5. The van der Waals surface area contributed by atoms with Crippen molar-refractivity contribution >= 4 is 11.0 Å². The Bertz CT molecular complexity index is 1190. The lowest BCUT2D eigenvalue weighted by molar-refractivity contribution is 0.419. The zero-order valence-corrected chi connectivity index (χ0v) is 14.2. The van der Waals surface area contributed by atoms with Gasteiger partial charge in [-0.3, -0.25) is 0 Å². The third-order valence-electron chi connectivity index (χ3n) is 4.21. The highest BCUT2D eigenvalue weighted by Crippen LogP contribution is 2.20. The van der Waals surface area contributed by atoms with Crippen LogP contribution in [0.25, 0.3) is 28.2 Å². The lowest BCUT2D eigenvalue weighted by Gasteiger charge is -2.01. The molecule has 0 bridgehead atoms. The van der Waals surface area contributed by atoms with Crippen molar-refractivity contribution in [2.24, 2.45) is 0 Å². The van der Waals surface area contributed by atoms with Crippen molar-refractivity contribution in [3.63, 3.8) is 0 Å². The van der Waals surface area contributed by atoms with Crippen LogP contribution >= 0.6 is 0 Å². The SMILES string of the molecule is c1cc(-c2nc(CCn3nnc4ccccc43)no2)cc(-n2cncn2)c1. The van der Waals surface area contributed by atoms with E-state index in [1.54, 1.807) is 11.0 Å². The topological polar surface area (TPSA) is 100 Å². The molecule has 0 aliphatic carbocycles. The average Bonchev–Trinajstić information content (AvgIpc) is 3.47. The third kappa shape index (κ3) is 2.95. The van der Waals surface area contributed by atoms with Crippen molar-refractivity contribution in [1.82, 2.24) is 39.9 Å². The Balaban J connectivity index is 1.35. The molecule has 2 aromatic carbocycles. The monoisotopic (exact) mass is 358 g/mol. The fraction of sp³-hybridized carbons (Fsp3) is 0.111. The second-order valence-electron chi connectivity index (χ2n) is 5.96. The first-order valence-corrected chi connectivity index (χ1v) is 8.43. The minimum absolute atomic E-state index is 0.468. The fourth-order valence-electron chi connectivity index (χ4n) is 2.88. The summed E-state index contributed by atoms with van der Waals surface area (Å²) in [5, 5.41) is 16.5. The van der Waals surface area contributed by atoms with Crippen LogP contribution in [0.1, 0.15) is 5.82 Å². The molecule has 0 aliphatic heterocycles. The van der Waals surface area contributed by atoms with Crippen LogP contribution in [-0.2, 0) is 13.0 Å². The molecule has 0 atom stereocenters. The van der Waals surface area contributed by atoms with Crippen LogP contribution in [-0.4, -0.2) is 39.9 Å². The molecule has 0 aliphatic rings. The molecule has 132 valence electrons. The molecule has 3 aromatic heterocycles. The number of benzene rings is 2. The third-order valence-corrected chi connectivity index (χ3v) is 4.21. The lowest BCUT2D eigenvalue weighted by Crippen LogP contribution is -2.04. The molecule has 0 saturated heterocycles. The Morgan fingerprint density at radius 2 is 2.00 bits per heavy atom. The van der Waals surface area contributed by atoms with Gasteiger partial charge in [-0.25, -0.2) is 14.3 Å². The van der Waals surface area contributed by atoms with Crippen LogP contribution in [0, 0.1) is 0 Å². The van der Waals surface area contributed by atoms with Gasteiger partial charge in [0, 0.05) is 12.0 Å². The highest BCUT2D eigenvalue weighted by atomic mass is 16.5. The quantitative estimate of drug-likeness (QED) is 0.475. The predicted octanol–water partition coefficient (Wildman–Crippen LogP) is 2.30. The Hall–Kier alpha value is -3.88. The average molecular weight is 358 g/mol. The summed E-state index contributed by atoms with van der Waals surface area (Å²) in [5.41, 5.74) is 3.56. The standard InChI is InChI=1S/C18H14N8O/c1-2-7-16-15(6-1)22-24-25(16)9-8-17-21-18(27-23-17)13-4-3-5-14(10-13)26-12-19-11-20-26/h1-7,10-12H,8-9H2. The van der Waals surface area contributed by atoms with Crippen LogP contribution in [0.3, 0.4) is 0 Å². The predicted molar refractivity (Wildman–Crippen MR) is 95.9 cm³/mol. The molecule has 27 heavy (non-hydrogen) atoms. The molecular formula is C18H14N8O. The van der Waals surface area contributed by atoms with Gasteiger partial charge in [0.2, 0.25) is 0 Å². The van der Waals surface area contributed by atoms with Crippen LogP contribution in [0.4, 0.5) is 0 Å². The van der Waals surface area contributed by atoms with Crippen molar-refractivity contribution in [3.05, 3.63) is 67.0 Å². The summed E-state index contributed by atoms with van der Waals surface area (Å²) in [4.78, 5) is 8.46. The van der Waals surface area contributed by atoms with Gasteiger partial charge in [0.15, 0.2) is 5.82 Å². The maximum Gasteiger partial charge on any atom is 0.257 e. The first kappa shape index (κ1) is 15.4. The van der Waals surface area contributed by atoms with Gasteiger partial charge < -0.3 is 4.52 Å². The molecule has 0 saturated carbocycles. The van der Waals surface area contributed by atoms with E-state index in [4.69, 9.17) is 4.52 Å². The molecule has 0 amide bonds. The minimum Gasteiger partial charge on any atom is -0.334 e. The second kappa shape index (κ2) is 6.45. The largest absolute Gasteiger partial charge is 0.334 e. The number of para-hydroxylation sites is 1. The summed E-state index contributed by atoms with van der Waals surface area (Å²) < 4.78 is 8.95. The van der Waals surface area contributed by atoms with E-state index in [0.717, 1.165) is 22.3 Å². The van der Waals surface area contributed by atoms with Crippen molar-refractivity contribution in [2.75, 3.05) is 0 Å². The maximum absolute atomic E-state index is 5.43. The van der Waals surface area contributed by atoms with Crippen molar-refractivity contribution in [3.8, 4) is 17.1 Å². The molecule has 0 unspecified atom stereocenters. The van der Waals surface area contributed by atoms with Gasteiger partial charge in [0.1, 0.15) is 18.2 Å². The normalized spacial score (nSPS) is 11.3. The van der Waals surface area contributed by atoms with Gasteiger partial charge in [-0.2, -0.15) is 10.1 Å². The van der Waals surface area contributed by atoms with E-state index in [2.05, 4.69) is 30.5 Å². The molecule has 9 nitrogen and oxygen atoms in total. The number of fused-ring (bicyclic) bond motifs is 1. The zero-order valence-electron chi connectivity index (χ0n) is 14.2. The van der Waals surface area contributed by atoms with Crippen molar-refractivity contribution < 1.29 is 4.52 Å². The highest BCUT2D eigenvalue weighted by molar-refractivity contribution is 5.73. The van der Waals surface area contributed by atoms with E-state index in [1.807, 2.05) is 53.2 Å². The van der Waals surface area contributed by atoms with Gasteiger partial charge in [-0.05, 0) is 30.3 Å². The van der Waals surface area contributed by atoms with Crippen LogP contribution in [0.5, 0.6) is 0 Å².